The number of hydrogen-bond acceptors (Lipinski definition) is 5. The van der Waals surface area contributed by atoms with Gasteiger partial charge in [0.2, 0.25) is 10.0 Å². The Balaban J connectivity index is 1.93. The van der Waals surface area contributed by atoms with Crippen LogP contribution in [-0.2, 0) is 23.5 Å². The van der Waals surface area contributed by atoms with Gasteiger partial charge in [-0.05, 0) is 28.1 Å². The van der Waals surface area contributed by atoms with E-state index in [0.717, 1.165) is 3.79 Å². The zero-order valence-corrected chi connectivity index (χ0v) is 12.7. The third-order valence-corrected chi connectivity index (χ3v) is 5.68. The molecule has 98 valence electrons. The summed E-state index contributed by atoms with van der Waals surface area (Å²) >= 11 is 4.41. The van der Waals surface area contributed by atoms with Crippen molar-refractivity contribution in [2.45, 2.75) is 10.6 Å². The van der Waals surface area contributed by atoms with Gasteiger partial charge in [0.25, 0.3) is 0 Å². The minimum absolute atomic E-state index is 0.280. The molecule has 0 fully saturated rings. The first-order chi connectivity index (χ1) is 8.47. The molecule has 2 heterocycles. The molecular weight excluding hydrogens is 340 g/mol. The zero-order valence-electron chi connectivity index (χ0n) is 9.50. The summed E-state index contributed by atoms with van der Waals surface area (Å²) in [5.41, 5.74) is 0. The summed E-state index contributed by atoms with van der Waals surface area (Å²) in [5.74, 6) is 0.618. The Bertz CT molecular complexity index is 635. The van der Waals surface area contributed by atoms with E-state index in [1.807, 2.05) is 0 Å². The molecule has 0 radical (unpaired) electrons. The summed E-state index contributed by atoms with van der Waals surface area (Å²) in [4.78, 5) is 4.02. The van der Waals surface area contributed by atoms with Gasteiger partial charge in [-0.1, -0.05) is 0 Å². The van der Waals surface area contributed by atoms with Crippen molar-refractivity contribution in [1.82, 2.24) is 19.5 Å². The summed E-state index contributed by atoms with van der Waals surface area (Å²) in [7, 11) is -1.66. The first-order valence-corrected chi connectivity index (χ1v) is 8.16. The molecule has 2 aromatic heterocycles. The molecule has 0 aromatic carbocycles. The molecule has 9 heteroatoms. The molecule has 0 bridgehead atoms. The molecule has 0 aliphatic carbocycles. The van der Waals surface area contributed by atoms with Crippen LogP contribution in [0.1, 0.15) is 5.82 Å². The SMILES string of the molecule is Cn1cnc(CCNS(=O)(=O)c2ccc(Br)s2)n1. The molecular formula is C9H11BrN4O2S2. The fraction of sp³-hybridized carbons (Fsp3) is 0.333. The third kappa shape index (κ3) is 3.37. The lowest BCUT2D eigenvalue weighted by Gasteiger charge is -2.02. The maximum atomic E-state index is 11.9. The normalized spacial score (nSPS) is 11.9. The number of nitrogens with one attached hydrogen (secondary N) is 1. The van der Waals surface area contributed by atoms with Crippen molar-refractivity contribution >= 4 is 37.3 Å². The van der Waals surface area contributed by atoms with Crippen molar-refractivity contribution in [2.75, 3.05) is 6.54 Å². The fourth-order valence-electron chi connectivity index (χ4n) is 1.31. The van der Waals surface area contributed by atoms with Crippen LogP contribution in [-0.4, -0.2) is 29.7 Å². The number of sulfonamides is 1. The van der Waals surface area contributed by atoms with E-state index in [0.29, 0.717) is 16.5 Å². The average Bonchev–Trinajstić information content (AvgIpc) is 2.88. The first kappa shape index (κ1) is 13.7. The van der Waals surface area contributed by atoms with E-state index in [1.54, 1.807) is 30.2 Å². The van der Waals surface area contributed by atoms with E-state index in [4.69, 9.17) is 0 Å². The van der Waals surface area contributed by atoms with Crippen molar-refractivity contribution in [3.05, 3.63) is 28.1 Å². The highest BCUT2D eigenvalue weighted by atomic mass is 79.9. The summed E-state index contributed by atoms with van der Waals surface area (Å²) in [6, 6.07) is 3.27. The van der Waals surface area contributed by atoms with E-state index in [-0.39, 0.29) is 6.54 Å². The van der Waals surface area contributed by atoms with Gasteiger partial charge in [-0.2, -0.15) is 5.10 Å². The zero-order chi connectivity index (χ0) is 13.2. The van der Waals surface area contributed by atoms with Crippen LogP contribution in [0.15, 0.2) is 26.5 Å². The Kier molecular flexibility index (Phi) is 4.15. The quantitative estimate of drug-likeness (QED) is 0.877. The molecule has 2 rings (SSSR count). The van der Waals surface area contributed by atoms with Crippen molar-refractivity contribution in [3.8, 4) is 0 Å². The summed E-state index contributed by atoms with van der Waals surface area (Å²) in [6.45, 7) is 0.280. The number of thiophene rings is 1. The van der Waals surface area contributed by atoms with E-state index in [2.05, 4.69) is 30.7 Å². The molecule has 0 aliphatic heterocycles. The predicted molar refractivity (Wildman–Crippen MR) is 71.9 cm³/mol. The number of rotatable bonds is 5. The van der Waals surface area contributed by atoms with Gasteiger partial charge >= 0.3 is 0 Å². The number of aryl methyl sites for hydroxylation is 1. The van der Waals surface area contributed by atoms with Gasteiger partial charge in [0.1, 0.15) is 10.5 Å². The van der Waals surface area contributed by atoms with Crippen molar-refractivity contribution in [3.63, 3.8) is 0 Å². The van der Waals surface area contributed by atoms with Gasteiger partial charge in [-0.3, -0.25) is 4.68 Å². The molecule has 1 N–H and O–H groups in total. The van der Waals surface area contributed by atoms with Crippen LogP contribution >= 0.6 is 27.3 Å². The smallest absolute Gasteiger partial charge is 0.250 e. The van der Waals surface area contributed by atoms with Crippen LogP contribution in [0.4, 0.5) is 0 Å². The molecule has 0 atom stereocenters. The standard InChI is InChI=1S/C9H11BrN4O2S2/c1-14-6-11-8(13-14)4-5-12-18(15,16)9-3-2-7(10)17-9/h2-3,6,12H,4-5H2,1H3. The van der Waals surface area contributed by atoms with Gasteiger partial charge in [0, 0.05) is 20.0 Å². The van der Waals surface area contributed by atoms with Gasteiger partial charge in [-0.25, -0.2) is 18.1 Å². The number of hydrogen-bond donors (Lipinski definition) is 1. The van der Waals surface area contributed by atoms with Crippen LogP contribution < -0.4 is 4.72 Å². The molecule has 0 amide bonds. The minimum Gasteiger partial charge on any atom is -0.256 e. The van der Waals surface area contributed by atoms with Gasteiger partial charge in [0.05, 0.1) is 3.79 Å². The molecule has 18 heavy (non-hydrogen) atoms. The number of halogens is 1. The van der Waals surface area contributed by atoms with Crippen LogP contribution in [0.2, 0.25) is 0 Å². The molecule has 6 nitrogen and oxygen atoms in total. The largest absolute Gasteiger partial charge is 0.256 e. The first-order valence-electron chi connectivity index (χ1n) is 5.07. The van der Waals surface area contributed by atoms with Crippen molar-refractivity contribution in [1.29, 1.82) is 0 Å². The van der Waals surface area contributed by atoms with Crippen LogP contribution in [0.25, 0.3) is 0 Å². The fourth-order valence-corrected chi connectivity index (χ4v) is 4.40. The lowest BCUT2D eigenvalue weighted by Crippen LogP contribution is -2.25. The Morgan fingerprint density at radius 2 is 2.28 bits per heavy atom. The topological polar surface area (TPSA) is 76.9 Å². The second-order valence-corrected chi connectivity index (χ2v) is 8.00. The molecule has 0 aliphatic rings. The summed E-state index contributed by atoms with van der Waals surface area (Å²) in [5, 5.41) is 4.07. The van der Waals surface area contributed by atoms with E-state index in [1.165, 1.54) is 11.3 Å². The van der Waals surface area contributed by atoms with E-state index in [9.17, 15) is 8.42 Å². The van der Waals surface area contributed by atoms with Crippen LogP contribution in [0.5, 0.6) is 0 Å². The summed E-state index contributed by atoms with van der Waals surface area (Å²) in [6.07, 6.45) is 2.05. The van der Waals surface area contributed by atoms with Gasteiger partial charge in [-0.15, -0.1) is 11.3 Å². The molecule has 0 saturated heterocycles. The molecule has 0 spiro atoms. The maximum Gasteiger partial charge on any atom is 0.250 e. The van der Waals surface area contributed by atoms with Gasteiger partial charge in [0.15, 0.2) is 5.82 Å². The Hall–Kier alpha value is -0.770. The third-order valence-electron chi connectivity index (χ3n) is 2.10. The number of nitrogens with zero attached hydrogens (tertiary/aromatic N) is 3. The van der Waals surface area contributed by atoms with Gasteiger partial charge < -0.3 is 0 Å². The minimum atomic E-state index is -3.43. The molecule has 0 unspecified atom stereocenters. The highest BCUT2D eigenvalue weighted by Gasteiger charge is 2.15. The second kappa shape index (κ2) is 5.47. The van der Waals surface area contributed by atoms with Crippen molar-refractivity contribution in [2.24, 2.45) is 7.05 Å². The predicted octanol–water partition coefficient (Wildman–Crippen LogP) is 1.16. The van der Waals surface area contributed by atoms with E-state index < -0.39 is 10.0 Å². The van der Waals surface area contributed by atoms with Crippen LogP contribution in [0.3, 0.4) is 0 Å². The Morgan fingerprint density at radius 1 is 1.50 bits per heavy atom. The Morgan fingerprint density at radius 3 is 2.83 bits per heavy atom. The average molecular weight is 351 g/mol. The summed E-state index contributed by atoms with van der Waals surface area (Å²) < 4.78 is 28.9. The van der Waals surface area contributed by atoms with E-state index >= 15 is 0 Å². The second-order valence-electron chi connectivity index (χ2n) is 3.54. The van der Waals surface area contributed by atoms with Crippen molar-refractivity contribution < 1.29 is 8.42 Å². The monoisotopic (exact) mass is 350 g/mol. The molecule has 2 aromatic rings. The number of aromatic nitrogens is 3. The lowest BCUT2D eigenvalue weighted by molar-refractivity contribution is 0.582. The van der Waals surface area contributed by atoms with Crippen LogP contribution in [0, 0.1) is 0 Å². The highest BCUT2D eigenvalue weighted by molar-refractivity contribution is 9.11. The Labute approximate surface area is 117 Å². The lowest BCUT2D eigenvalue weighted by atomic mass is 10.4. The molecule has 0 saturated carbocycles. The maximum absolute atomic E-state index is 11.9. The highest BCUT2D eigenvalue weighted by Crippen LogP contribution is 2.25.